The molecule has 0 atom stereocenters. The molecule has 0 aliphatic rings. The van der Waals surface area contributed by atoms with E-state index in [0.717, 1.165) is 45.4 Å². The minimum absolute atomic E-state index is 0.472. The zero-order valence-corrected chi connectivity index (χ0v) is 17.1. The van der Waals surface area contributed by atoms with E-state index in [2.05, 4.69) is 27.2 Å². The number of nitrogens with one attached hydrogen (secondary N) is 1. The van der Waals surface area contributed by atoms with Crippen LogP contribution in [0.15, 0.2) is 73.2 Å². The molecule has 0 amide bonds. The number of benzene rings is 1. The number of aromatic amines is 1. The number of pyridine rings is 2. The van der Waals surface area contributed by atoms with Gasteiger partial charge in [-0.15, -0.1) is 0 Å². The monoisotopic (exact) mass is 405 g/mol. The molecule has 7 nitrogen and oxygen atoms in total. The van der Waals surface area contributed by atoms with Crippen molar-refractivity contribution in [3.63, 3.8) is 0 Å². The molecule has 0 bridgehead atoms. The highest BCUT2D eigenvalue weighted by Gasteiger charge is 2.17. The van der Waals surface area contributed by atoms with E-state index in [1.165, 1.54) is 6.33 Å². The Balaban J connectivity index is 1.51. The van der Waals surface area contributed by atoms with Crippen LogP contribution in [-0.2, 0) is 13.1 Å². The second-order valence-electron chi connectivity index (χ2n) is 7.44. The van der Waals surface area contributed by atoms with Crippen LogP contribution >= 0.6 is 0 Å². The molecule has 0 saturated heterocycles. The maximum absolute atomic E-state index is 6.29. The van der Waals surface area contributed by atoms with Gasteiger partial charge in [-0.25, -0.2) is 14.5 Å². The second kappa shape index (κ2) is 8.16. The predicted molar refractivity (Wildman–Crippen MR) is 120 cm³/mol. The molecule has 31 heavy (non-hydrogen) atoms. The van der Waals surface area contributed by atoms with Gasteiger partial charge in [-0.1, -0.05) is 36.4 Å². The zero-order valence-electron chi connectivity index (χ0n) is 17.1. The Bertz CT molecular complexity index is 1330. The van der Waals surface area contributed by atoms with Crippen molar-refractivity contribution in [3.8, 4) is 22.6 Å². The number of H-pyrrole nitrogens is 1. The standard InChI is InChI=1S/C23H20BN7/c1-16-6-5-9-19(27-16)23-22(18-10-11-21-25-15-26-31(21)13-18)28-20(29-23)14-30(24)12-17-7-3-2-4-8-17/h2-11,13,15H,12,14H2,1H3,(H,28,29). The third-order valence-electron chi connectivity index (χ3n) is 5.03. The van der Waals surface area contributed by atoms with Crippen molar-refractivity contribution in [1.82, 2.24) is 34.4 Å². The Kier molecular flexibility index (Phi) is 5.05. The smallest absolute Gasteiger partial charge is 0.183 e. The number of nitrogens with zero attached hydrogens (tertiary/aromatic N) is 6. The van der Waals surface area contributed by atoms with Crippen LogP contribution in [0.4, 0.5) is 0 Å². The van der Waals surface area contributed by atoms with Gasteiger partial charge in [0, 0.05) is 30.5 Å². The van der Waals surface area contributed by atoms with Gasteiger partial charge in [-0.3, -0.25) is 4.98 Å². The molecule has 0 aliphatic carbocycles. The molecule has 0 fully saturated rings. The fourth-order valence-electron chi connectivity index (χ4n) is 3.60. The average molecular weight is 405 g/mol. The summed E-state index contributed by atoms with van der Waals surface area (Å²) < 4.78 is 1.74. The van der Waals surface area contributed by atoms with Gasteiger partial charge in [0.1, 0.15) is 12.2 Å². The van der Waals surface area contributed by atoms with Gasteiger partial charge in [-0.2, -0.15) is 5.10 Å². The highest BCUT2D eigenvalue weighted by atomic mass is 15.3. The number of fused-ring (bicyclic) bond motifs is 1. The van der Waals surface area contributed by atoms with Crippen molar-refractivity contribution in [2.75, 3.05) is 0 Å². The van der Waals surface area contributed by atoms with E-state index in [1.54, 1.807) is 9.33 Å². The Hall–Kier alpha value is -3.78. The lowest BCUT2D eigenvalue weighted by molar-refractivity contribution is 0.432. The van der Waals surface area contributed by atoms with Crippen LogP contribution in [0.2, 0.25) is 0 Å². The van der Waals surface area contributed by atoms with Crippen molar-refractivity contribution in [2.45, 2.75) is 20.0 Å². The van der Waals surface area contributed by atoms with E-state index in [-0.39, 0.29) is 0 Å². The predicted octanol–water partition coefficient (Wildman–Crippen LogP) is 3.58. The van der Waals surface area contributed by atoms with Crippen LogP contribution in [0.3, 0.4) is 0 Å². The van der Waals surface area contributed by atoms with Gasteiger partial charge in [-0.05, 0) is 36.8 Å². The first kappa shape index (κ1) is 19.2. The summed E-state index contributed by atoms with van der Waals surface area (Å²) in [5.41, 5.74) is 6.28. The Labute approximate surface area is 181 Å². The fraction of sp³-hybridized carbons (Fsp3) is 0.130. The molecule has 0 spiro atoms. The highest BCUT2D eigenvalue weighted by molar-refractivity contribution is 6.04. The van der Waals surface area contributed by atoms with Crippen molar-refractivity contribution in [1.29, 1.82) is 0 Å². The van der Waals surface area contributed by atoms with Crippen LogP contribution in [0, 0.1) is 6.92 Å². The molecule has 0 saturated carbocycles. The largest absolute Gasteiger partial charge is 0.344 e. The van der Waals surface area contributed by atoms with E-state index in [9.17, 15) is 0 Å². The summed E-state index contributed by atoms with van der Waals surface area (Å²) in [5, 5.41) is 4.25. The summed E-state index contributed by atoms with van der Waals surface area (Å²) in [6.07, 6.45) is 3.46. The summed E-state index contributed by atoms with van der Waals surface area (Å²) in [5.74, 6) is 0.769. The lowest BCUT2D eigenvalue weighted by Crippen LogP contribution is -2.19. The van der Waals surface area contributed by atoms with E-state index < -0.39 is 0 Å². The van der Waals surface area contributed by atoms with E-state index in [4.69, 9.17) is 17.9 Å². The van der Waals surface area contributed by atoms with Gasteiger partial charge in [0.25, 0.3) is 0 Å². The van der Waals surface area contributed by atoms with Crippen LogP contribution in [0.25, 0.3) is 28.3 Å². The maximum atomic E-state index is 6.29. The first-order chi connectivity index (χ1) is 15.2. The molecular weight excluding hydrogens is 385 g/mol. The van der Waals surface area contributed by atoms with Crippen molar-refractivity contribution >= 4 is 13.6 Å². The Morgan fingerprint density at radius 2 is 1.84 bits per heavy atom. The molecule has 2 radical (unpaired) electrons. The molecule has 1 N–H and O–H groups in total. The zero-order chi connectivity index (χ0) is 21.2. The maximum Gasteiger partial charge on any atom is 0.183 e. The molecule has 1 aromatic carbocycles. The molecule has 0 aliphatic heterocycles. The number of hydrogen-bond acceptors (Lipinski definition) is 5. The number of imidazole rings is 1. The molecule has 5 rings (SSSR count). The number of hydrogen-bond donors (Lipinski definition) is 1. The summed E-state index contributed by atoms with van der Waals surface area (Å²) in [4.78, 5) is 19.0. The van der Waals surface area contributed by atoms with Crippen molar-refractivity contribution in [3.05, 3.63) is 90.3 Å². The van der Waals surface area contributed by atoms with Gasteiger partial charge in [0.05, 0.1) is 17.1 Å². The number of aryl methyl sites for hydroxylation is 1. The molecule has 5 aromatic rings. The summed E-state index contributed by atoms with van der Waals surface area (Å²) in [6, 6.07) is 20.0. The normalized spacial score (nSPS) is 11.4. The van der Waals surface area contributed by atoms with Crippen molar-refractivity contribution in [2.24, 2.45) is 0 Å². The van der Waals surface area contributed by atoms with E-state index in [1.807, 2.05) is 61.7 Å². The lowest BCUT2D eigenvalue weighted by atomic mass is 10.1. The van der Waals surface area contributed by atoms with Crippen LogP contribution < -0.4 is 0 Å². The highest BCUT2D eigenvalue weighted by Crippen LogP contribution is 2.29. The first-order valence-electron chi connectivity index (χ1n) is 10.0. The topological polar surface area (TPSA) is 75.0 Å². The molecule has 150 valence electrons. The first-order valence-corrected chi connectivity index (χ1v) is 10.0. The lowest BCUT2D eigenvalue weighted by Gasteiger charge is -2.15. The second-order valence-corrected chi connectivity index (χ2v) is 7.44. The Morgan fingerprint density at radius 1 is 0.968 bits per heavy atom. The SMILES string of the molecule is [B]N(Cc1ccccc1)Cc1nc(-c2ccc3ncnn3c2)c(-c2cccc(C)n2)[nH]1. The number of aromatic nitrogens is 6. The van der Waals surface area contributed by atoms with E-state index >= 15 is 0 Å². The quantitative estimate of drug-likeness (QED) is 0.437. The molecular formula is C23H20BN7. The third kappa shape index (κ3) is 4.11. The van der Waals surface area contributed by atoms with Crippen molar-refractivity contribution < 1.29 is 0 Å². The summed E-state index contributed by atoms with van der Waals surface area (Å²) in [7, 11) is 6.29. The third-order valence-corrected chi connectivity index (χ3v) is 5.03. The van der Waals surface area contributed by atoms with Gasteiger partial charge in [0.15, 0.2) is 13.6 Å². The summed E-state index contributed by atoms with van der Waals surface area (Å²) in [6.45, 7) is 3.07. The molecule has 0 unspecified atom stereocenters. The number of rotatable bonds is 6. The minimum Gasteiger partial charge on any atom is -0.344 e. The van der Waals surface area contributed by atoms with Gasteiger partial charge < -0.3 is 9.79 Å². The van der Waals surface area contributed by atoms with Gasteiger partial charge >= 0.3 is 0 Å². The van der Waals surface area contributed by atoms with Gasteiger partial charge in [0.2, 0.25) is 0 Å². The van der Waals surface area contributed by atoms with Crippen LogP contribution in [0.5, 0.6) is 0 Å². The summed E-state index contributed by atoms with van der Waals surface area (Å²) >= 11 is 0. The van der Waals surface area contributed by atoms with Crippen LogP contribution in [-0.4, -0.2) is 42.3 Å². The molecule has 4 aromatic heterocycles. The Morgan fingerprint density at radius 3 is 2.68 bits per heavy atom. The minimum atomic E-state index is 0.472. The molecule has 4 heterocycles. The van der Waals surface area contributed by atoms with Crippen LogP contribution in [0.1, 0.15) is 17.1 Å². The van der Waals surface area contributed by atoms with E-state index in [0.29, 0.717) is 13.1 Å². The molecule has 8 heteroatoms. The average Bonchev–Trinajstić information content (AvgIpc) is 3.40. The fourth-order valence-corrected chi connectivity index (χ4v) is 3.60.